The number of thioether (sulfide) groups is 1. The lowest BCUT2D eigenvalue weighted by Gasteiger charge is -2.17. The van der Waals surface area contributed by atoms with Crippen LogP contribution in [0.15, 0.2) is 48.5 Å². The van der Waals surface area contributed by atoms with E-state index in [2.05, 4.69) is 5.32 Å². The maximum absolute atomic E-state index is 12.2. The number of carbonyl (C=O) groups excluding carboxylic acids is 1. The fourth-order valence-corrected chi connectivity index (χ4v) is 3.79. The minimum Gasteiger partial charge on any atom is -0.481 e. The van der Waals surface area contributed by atoms with Crippen molar-refractivity contribution in [2.75, 3.05) is 12.3 Å². The number of hydrogen-bond acceptors (Lipinski definition) is 3. The summed E-state index contributed by atoms with van der Waals surface area (Å²) in [5, 5.41) is 4.26. The molecule has 0 aliphatic heterocycles. The molecule has 0 aliphatic rings. The van der Waals surface area contributed by atoms with E-state index in [1.807, 2.05) is 55.5 Å². The molecule has 2 aromatic carbocycles. The maximum atomic E-state index is 12.2. The van der Waals surface area contributed by atoms with Crippen LogP contribution in [-0.4, -0.2) is 24.3 Å². The Morgan fingerprint density at radius 2 is 1.80 bits per heavy atom. The van der Waals surface area contributed by atoms with E-state index in [1.54, 1.807) is 11.8 Å². The molecule has 0 aromatic heterocycles. The van der Waals surface area contributed by atoms with E-state index in [0.29, 0.717) is 34.5 Å². The van der Waals surface area contributed by atoms with Gasteiger partial charge in [-0.2, -0.15) is 11.8 Å². The molecule has 3 nitrogen and oxygen atoms in total. The normalized spacial score (nSPS) is 11.8. The van der Waals surface area contributed by atoms with Gasteiger partial charge in [0.15, 0.2) is 6.10 Å². The molecule has 25 heavy (non-hydrogen) atoms. The van der Waals surface area contributed by atoms with Gasteiger partial charge in [-0.25, -0.2) is 0 Å². The summed E-state index contributed by atoms with van der Waals surface area (Å²) >= 11 is 14.0. The van der Waals surface area contributed by atoms with Crippen molar-refractivity contribution < 1.29 is 9.53 Å². The molecule has 134 valence electrons. The number of halogens is 2. The summed E-state index contributed by atoms with van der Waals surface area (Å²) in [7, 11) is 0. The Labute approximate surface area is 163 Å². The third-order valence-electron chi connectivity index (χ3n) is 3.54. The second kappa shape index (κ2) is 10.6. The second-order valence-corrected chi connectivity index (χ2v) is 7.29. The Balaban J connectivity index is 1.72. The lowest BCUT2D eigenvalue weighted by atomic mass is 10.2. The van der Waals surface area contributed by atoms with Gasteiger partial charge >= 0.3 is 0 Å². The van der Waals surface area contributed by atoms with Gasteiger partial charge in [0.1, 0.15) is 5.75 Å². The summed E-state index contributed by atoms with van der Waals surface area (Å²) in [5.74, 6) is 2.09. The molecule has 0 saturated heterocycles. The summed E-state index contributed by atoms with van der Waals surface area (Å²) in [5.41, 5.74) is 0.931. The zero-order valence-electron chi connectivity index (χ0n) is 14.0. The van der Waals surface area contributed by atoms with Crippen molar-refractivity contribution in [1.29, 1.82) is 0 Å². The molecule has 0 saturated carbocycles. The van der Waals surface area contributed by atoms with E-state index in [4.69, 9.17) is 27.9 Å². The van der Waals surface area contributed by atoms with Crippen molar-refractivity contribution in [3.63, 3.8) is 0 Å². The average molecular weight is 398 g/mol. The monoisotopic (exact) mass is 397 g/mol. The fraction of sp³-hybridized carbons (Fsp3) is 0.316. The van der Waals surface area contributed by atoms with Crippen molar-refractivity contribution in [1.82, 2.24) is 5.32 Å². The van der Waals surface area contributed by atoms with Crippen LogP contribution in [0.4, 0.5) is 0 Å². The zero-order valence-corrected chi connectivity index (χ0v) is 16.3. The van der Waals surface area contributed by atoms with Gasteiger partial charge in [-0.15, -0.1) is 0 Å². The third kappa shape index (κ3) is 6.46. The predicted octanol–water partition coefficient (Wildman–Crippen LogP) is 5.20. The number of para-hydroxylation sites is 1. The van der Waals surface area contributed by atoms with Crippen LogP contribution in [0.1, 0.15) is 18.9 Å². The first-order valence-corrected chi connectivity index (χ1v) is 10.0. The van der Waals surface area contributed by atoms with E-state index in [0.717, 1.165) is 11.3 Å². The van der Waals surface area contributed by atoms with Crippen molar-refractivity contribution in [3.8, 4) is 5.75 Å². The summed E-state index contributed by atoms with van der Waals surface area (Å²) in [6.45, 7) is 2.50. The van der Waals surface area contributed by atoms with Crippen LogP contribution in [0.2, 0.25) is 10.0 Å². The van der Waals surface area contributed by atoms with Gasteiger partial charge in [0.25, 0.3) is 5.91 Å². The van der Waals surface area contributed by atoms with Crippen LogP contribution in [0.5, 0.6) is 5.75 Å². The van der Waals surface area contributed by atoms with Crippen molar-refractivity contribution in [2.24, 2.45) is 0 Å². The summed E-state index contributed by atoms with van der Waals surface area (Å²) in [6.07, 6.45) is 0.133. The number of carbonyl (C=O) groups is 1. The number of ether oxygens (including phenoxy) is 1. The molecule has 2 rings (SSSR count). The molecule has 0 heterocycles. The van der Waals surface area contributed by atoms with Gasteiger partial charge in [-0.3, -0.25) is 4.79 Å². The number of hydrogen-bond donors (Lipinski definition) is 1. The summed E-state index contributed by atoms with van der Waals surface area (Å²) < 4.78 is 5.73. The van der Waals surface area contributed by atoms with Crippen LogP contribution in [-0.2, 0) is 10.5 Å². The van der Waals surface area contributed by atoms with Gasteiger partial charge in [-0.05, 0) is 36.2 Å². The van der Waals surface area contributed by atoms with Crippen LogP contribution < -0.4 is 10.1 Å². The van der Waals surface area contributed by atoms with Crippen LogP contribution in [0, 0.1) is 0 Å². The molecule has 0 bridgehead atoms. The van der Waals surface area contributed by atoms with E-state index in [1.165, 1.54) is 0 Å². The maximum Gasteiger partial charge on any atom is 0.261 e. The Bertz CT molecular complexity index is 662. The second-order valence-electron chi connectivity index (χ2n) is 5.37. The van der Waals surface area contributed by atoms with Crippen LogP contribution in [0.25, 0.3) is 0 Å². The third-order valence-corrected chi connectivity index (χ3v) is 5.23. The SMILES string of the molecule is CC[C@H](Oc1ccccc1)C(=O)NCCSCc1c(Cl)cccc1Cl. The Kier molecular flexibility index (Phi) is 8.45. The number of amides is 1. The predicted molar refractivity (Wildman–Crippen MR) is 107 cm³/mol. The lowest BCUT2D eigenvalue weighted by molar-refractivity contribution is -0.127. The Morgan fingerprint density at radius 1 is 1.12 bits per heavy atom. The van der Waals surface area contributed by atoms with Crippen LogP contribution >= 0.6 is 35.0 Å². The van der Waals surface area contributed by atoms with E-state index in [-0.39, 0.29) is 5.91 Å². The topological polar surface area (TPSA) is 38.3 Å². The van der Waals surface area contributed by atoms with E-state index in [9.17, 15) is 4.79 Å². The highest BCUT2D eigenvalue weighted by atomic mass is 35.5. The molecule has 6 heteroatoms. The zero-order chi connectivity index (χ0) is 18.1. The van der Waals surface area contributed by atoms with Crippen LogP contribution in [0.3, 0.4) is 0 Å². The quantitative estimate of drug-likeness (QED) is 0.590. The first-order valence-electron chi connectivity index (χ1n) is 8.12. The number of rotatable bonds is 9. The van der Waals surface area contributed by atoms with Crippen molar-refractivity contribution in [2.45, 2.75) is 25.2 Å². The molecule has 0 aliphatic carbocycles. The Hall–Kier alpha value is -1.36. The average Bonchev–Trinajstić information content (AvgIpc) is 2.62. The summed E-state index contributed by atoms with van der Waals surface area (Å²) in [4.78, 5) is 12.2. The van der Waals surface area contributed by atoms with Gasteiger partial charge in [0, 0.05) is 28.1 Å². The van der Waals surface area contributed by atoms with Crippen molar-refractivity contribution >= 4 is 40.9 Å². The molecule has 2 aromatic rings. The molecular weight excluding hydrogens is 377 g/mol. The molecule has 1 amide bonds. The molecular formula is C19H21Cl2NO2S. The summed E-state index contributed by atoms with van der Waals surface area (Å²) in [6, 6.07) is 14.9. The minimum atomic E-state index is -0.481. The molecule has 0 fully saturated rings. The largest absolute Gasteiger partial charge is 0.481 e. The van der Waals surface area contributed by atoms with Gasteiger partial charge in [0.05, 0.1) is 0 Å². The highest BCUT2D eigenvalue weighted by Crippen LogP contribution is 2.27. The van der Waals surface area contributed by atoms with Gasteiger partial charge in [0.2, 0.25) is 0 Å². The highest BCUT2D eigenvalue weighted by molar-refractivity contribution is 7.98. The highest BCUT2D eigenvalue weighted by Gasteiger charge is 2.17. The molecule has 0 unspecified atom stereocenters. The molecule has 0 spiro atoms. The first kappa shape index (κ1) is 20.0. The number of benzene rings is 2. The lowest BCUT2D eigenvalue weighted by Crippen LogP contribution is -2.39. The molecule has 0 radical (unpaired) electrons. The number of nitrogens with one attached hydrogen (secondary N) is 1. The van der Waals surface area contributed by atoms with Crippen molar-refractivity contribution in [3.05, 3.63) is 64.1 Å². The minimum absolute atomic E-state index is 0.0947. The van der Waals surface area contributed by atoms with Gasteiger partial charge in [-0.1, -0.05) is 54.4 Å². The van der Waals surface area contributed by atoms with E-state index >= 15 is 0 Å². The molecule has 1 N–H and O–H groups in total. The molecule has 1 atom stereocenters. The first-order chi connectivity index (χ1) is 12.1. The van der Waals surface area contributed by atoms with Gasteiger partial charge < -0.3 is 10.1 Å². The fourth-order valence-electron chi connectivity index (χ4n) is 2.19. The Morgan fingerprint density at radius 3 is 2.44 bits per heavy atom. The standard InChI is InChI=1S/C19H21Cl2NO2S/c1-2-18(24-14-7-4-3-5-8-14)19(23)22-11-12-25-13-15-16(20)9-6-10-17(15)21/h3-10,18H,2,11-13H2,1H3,(H,22,23)/t18-/m0/s1. The smallest absolute Gasteiger partial charge is 0.261 e. The van der Waals surface area contributed by atoms with E-state index < -0.39 is 6.10 Å².